The first-order chi connectivity index (χ1) is 18.0. The van der Waals surface area contributed by atoms with E-state index in [2.05, 4.69) is 93.6 Å². The van der Waals surface area contributed by atoms with Crippen molar-refractivity contribution in [3.05, 3.63) is 12.2 Å². The minimum Gasteiger partial charge on any atom is -0.491 e. The number of carbonyl (C=O) groups excluding carboxylic acids is 1. The van der Waals surface area contributed by atoms with Gasteiger partial charge in [-0.15, -0.1) is 0 Å². The Labute approximate surface area is 260 Å². The summed E-state index contributed by atoms with van der Waals surface area (Å²) >= 11 is 0. The molecule has 0 aliphatic rings. The van der Waals surface area contributed by atoms with Crippen LogP contribution >= 0.6 is 0 Å². The van der Waals surface area contributed by atoms with Crippen LogP contribution in [0.1, 0.15) is 54.4 Å². The fraction of sp³-hybridized carbons (Fsp3) is 0.885. The van der Waals surface area contributed by atoms with Crippen molar-refractivity contribution in [1.29, 1.82) is 0 Å². The Morgan fingerprint density at radius 3 is 1.22 bits per heavy atom. The molecule has 0 spiro atoms. The number of hydrogen-bond donors (Lipinski definition) is 0. The highest BCUT2D eigenvalue weighted by Crippen LogP contribution is 2.39. The zero-order valence-electron chi connectivity index (χ0n) is 29.7. The number of rotatable bonds is 19. The van der Waals surface area contributed by atoms with E-state index in [0.717, 1.165) is 6.04 Å². The summed E-state index contributed by atoms with van der Waals surface area (Å²) in [6.07, 6.45) is 2.36. The van der Waals surface area contributed by atoms with Gasteiger partial charge in [0.25, 0.3) is 0 Å². The summed E-state index contributed by atoms with van der Waals surface area (Å²) in [6.45, 7) is 41.1. The fourth-order valence-electron chi connectivity index (χ4n) is 5.57. The van der Waals surface area contributed by atoms with Gasteiger partial charge in [-0.2, -0.15) is 0 Å². The first-order valence-electron chi connectivity index (χ1n) is 15.1. The van der Waals surface area contributed by atoms with Gasteiger partial charge in [0.05, 0.1) is 0 Å². The largest absolute Gasteiger partial charge is 0.491 e. The third-order valence-corrected chi connectivity index (χ3v) is 34.7. The van der Waals surface area contributed by atoms with Gasteiger partial charge in [-0.05, 0) is 91.5 Å². The van der Waals surface area contributed by atoms with Crippen LogP contribution in [0.5, 0.6) is 0 Å². The van der Waals surface area contributed by atoms with E-state index in [0.29, 0.717) is 5.57 Å². The van der Waals surface area contributed by atoms with Crippen molar-refractivity contribution in [2.24, 2.45) is 0 Å². The topological polar surface area (TPSA) is 81.7 Å². The predicted octanol–water partition coefficient (Wildman–Crippen LogP) is 8.98. The van der Waals surface area contributed by atoms with Crippen LogP contribution in [0.25, 0.3) is 0 Å². The molecule has 0 unspecified atom stereocenters. The summed E-state index contributed by atoms with van der Waals surface area (Å²) in [4.78, 5) is 12.6. The van der Waals surface area contributed by atoms with Crippen LogP contribution in [0.15, 0.2) is 12.2 Å². The van der Waals surface area contributed by atoms with Gasteiger partial charge in [-0.25, -0.2) is 4.79 Å². The minimum atomic E-state index is -3.01. The van der Waals surface area contributed by atoms with E-state index in [9.17, 15) is 4.79 Å². The van der Waals surface area contributed by atoms with Crippen molar-refractivity contribution in [1.82, 2.24) is 0 Å². The van der Waals surface area contributed by atoms with Gasteiger partial charge in [0.15, 0.2) is 8.32 Å². The molecule has 0 N–H and O–H groups in total. The summed E-state index contributed by atoms with van der Waals surface area (Å²) in [5.74, 6) is -0.405. The summed E-state index contributed by atoms with van der Waals surface area (Å²) in [7, 11) is -18.0. The Kier molecular flexibility index (Phi) is 15.4. The molecular formula is C26H64O8Si7. The van der Waals surface area contributed by atoms with Crippen molar-refractivity contribution in [2.75, 3.05) is 0 Å². The molecule has 0 radical (unpaired) electrons. The lowest BCUT2D eigenvalue weighted by molar-refractivity contribution is -0.132. The first-order valence-corrected chi connectivity index (χ1v) is 34.3. The maximum atomic E-state index is 12.6. The summed E-state index contributed by atoms with van der Waals surface area (Å²) < 4.78 is 46.6. The van der Waals surface area contributed by atoms with Crippen LogP contribution in [-0.4, -0.2) is 65.7 Å². The number of unbranched alkanes of at least 4 members (excludes halogenated alkanes) is 1. The molecule has 8 nitrogen and oxygen atoms in total. The van der Waals surface area contributed by atoms with E-state index in [-0.39, 0.29) is 11.1 Å². The summed E-state index contributed by atoms with van der Waals surface area (Å²) in [6, 6.07) is 1.14. The molecule has 0 saturated heterocycles. The van der Waals surface area contributed by atoms with Crippen molar-refractivity contribution in [3.8, 4) is 0 Å². The fourth-order valence-corrected chi connectivity index (χ4v) is 41.5. The highest BCUT2D eigenvalue weighted by Gasteiger charge is 2.55. The van der Waals surface area contributed by atoms with E-state index in [1.165, 1.54) is 12.8 Å². The smallest absolute Gasteiger partial charge is 0.398 e. The second kappa shape index (κ2) is 15.2. The molecule has 41 heavy (non-hydrogen) atoms. The van der Waals surface area contributed by atoms with Crippen molar-refractivity contribution < 1.29 is 33.9 Å². The number of carbonyl (C=O) groups is 1. The Bertz CT molecular complexity index is 866. The number of hydrogen-bond acceptors (Lipinski definition) is 8. The highest BCUT2D eigenvalue weighted by molar-refractivity contribution is 6.92. The van der Waals surface area contributed by atoms with Gasteiger partial charge < -0.3 is 29.1 Å². The van der Waals surface area contributed by atoms with Crippen molar-refractivity contribution in [3.63, 3.8) is 0 Å². The lowest BCUT2D eigenvalue weighted by Crippen LogP contribution is -2.62. The Morgan fingerprint density at radius 1 is 0.610 bits per heavy atom. The zero-order valence-corrected chi connectivity index (χ0v) is 36.7. The molecule has 0 aliphatic heterocycles. The molecule has 244 valence electrons. The molecule has 0 aliphatic carbocycles. The molecule has 0 fully saturated rings. The molecule has 0 bridgehead atoms. The SMILES string of the molecule is C=C(C)C(=O)O[Si](O[Si](C)(C)O[Si](C)(C)O[Si](C)(C)O[Si](C)(C)O[Si](C)(C)O[Si](C)(C)CCCC)(C(C)C)C(C)C. The van der Waals surface area contributed by atoms with E-state index < -0.39 is 65.7 Å². The molecule has 0 aromatic rings. The summed E-state index contributed by atoms with van der Waals surface area (Å²) in [5, 5.41) is 0. The lowest BCUT2D eigenvalue weighted by Gasteiger charge is -2.45. The first kappa shape index (κ1) is 41.5. The Morgan fingerprint density at radius 2 is 0.927 bits per heavy atom. The molecule has 0 rings (SSSR count). The van der Waals surface area contributed by atoms with Crippen LogP contribution in [0.4, 0.5) is 0 Å². The van der Waals surface area contributed by atoms with E-state index >= 15 is 0 Å². The highest BCUT2D eigenvalue weighted by atomic mass is 28.5. The average molecular weight is 701 g/mol. The molecule has 0 atom stereocenters. The molecular weight excluding hydrogens is 637 g/mol. The third-order valence-electron chi connectivity index (χ3n) is 6.24. The van der Waals surface area contributed by atoms with Crippen LogP contribution in [0.3, 0.4) is 0 Å². The molecule has 0 heterocycles. The Balaban J connectivity index is 5.72. The van der Waals surface area contributed by atoms with E-state index in [4.69, 9.17) is 29.1 Å². The van der Waals surface area contributed by atoms with Crippen molar-refractivity contribution >= 4 is 65.7 Å². The Hall–Kier alpha value is 0.488. The predicted molar refractivity (Wildman–Crippen MR) is 188 cm³/mol. The maximum absolute atomic E-state index is 12.6. The van der Waals surface area contributed by atoms with Gasteiger partial charge in [-0.1, -0.05) is 54.0 Å². The second-order valence-corrected chi connectivity index (χ2v) is 41.5. The zero-order chi connectivity index (χ0) is 32.9. The molecule has 0 amide bonds. The quantitative estimate of drug-likeness (QED) is 0.0976. The van der Waals surface area contributed by atoms with Crippen LogP contribution in [-0.2, 0) is 33.9 Å². The van der Waals surface area contributed by atoms with Gasteiger partial charge in [0.1, 0.15) is 0 Å². The van der Waals surface area contributed by atoms with E-state index in [1.54, 1.807) is 6.92 Å². The molecule has 0 saturated carbocycles. The van der Waals surface area contributed by atoms with Gasteiger partial charge in [-0.3, -0.25) is 0 Å². The normalized spacial score (nSPS) is 14.6. The molecule has 0 aromatic heterocycles. The summed E-state index contributed by atoms with van der Waals surface area (Å²) in [5.41, 5.74) is 0.442. The van der Waals surface area contributed by atoms with Crippen LogP contribution in [0, 0.1) is 0 Å². The van der Waals surface area contributed by atoms with Crippen LogP contribution < -0.4 is 0 Å². The molecule has 0 aromatic carbocycles. The van der Waals surface area contributed by atoms with Gasteiger partial charge in [0.2, 0.25) is 0 Å². The van der Waals surface area contributed by atoms with E-state index in [1.807, 2.05) is 26.2 Å². The molecule has 15 heteroatoms. The standard InChI is InChI=1S/C26H64O8Si7/c1-20-21-22-35(8,9)29-36(10,11)30-37(12,13)31-38(14,15)32-39(16,17)33-40(18,19)34-41(24(4)5,25(6)7)28-26(27)23(2)3/h24-25H,2,20-22H2,1,3-19H3. The lowest BCUT2D eigenvalue weighted by atomic mass is 10.4. The minimum absolute atomic E-state index is 0.0368. The second-order valence-electron chi connectivity index (χ2n) is 14.7. The van der Waals surface area contributed by atoms with Crippen LogP contribution in [0.2, 0.25) is 95.7 Å². The third kappa shape index (κ3) is 15.4. The van der Waals surface area contributed by atoms with Crippen molar-refractivity contribution in [2.45, 2.75) is 150 Å². The van der Waals surface area contributed by atoms with Gasteiger partial charge in [0, 0.05) is 16.7 Å². The maximum Gasteiger partial charge on any atom is 0.398 e. The average Bonchev–Trinajstić information content (AvgIpc) is 2.66. The van der Waals surface area contributed by atoms with Gasteiger partial charge >= 0.3 is 57.3 Å². The monoisotopic (exact) mass is 700 g/mol.